The first kappa shape index (κ1) is 29.4. The molecule has 2 aliphatic heterocycles. The van der Waals surface area contributed by atoms with Gasteiger partial charge in [0.15, 0.2) is 0 Å². The zero-order chi connectivity index (χ0) is 29.9. The number of imide groups is 1. The largest absolute Gasteiger partial charge is 0.481 e. The Balaban J connectivity index is 1.67. The van der Waals surface area contributed by atoms with Crippen LogP contribution < -0.4 is 0 Å². The van der Waals surface area contributed by atoms with E-state index < -0.39 is 35.0 Å². The smallest absolute Gasteiger partial charge is 0.327 e. The lowest BCUT2D eigenvalue weighted by atomic mass is 9.67. The van der Waals surface area contributed by atoms with Gasteiger partial charge in [0.25, 0.3) is 5.91 Å². The van der Waals surface area contributed by atoms with Crippen LogP contribution in [0.15, 0.2) is 48.5 Å². The summed E-state index contributed by atoms with van der Waals surface area (Å²) in [6.45, 7) is 5.17. The number of likely N-dealkylation sites (tertiary alicyclic amines) is 1. The van der Waals surface area contributed by atoms with Gasteiger partial charge in [-0.15, -0.1) is 0 Å². The van der Waals surface area contributed by atoms with Crippen molar-refractivity contribution in [2.45, 2.75) is 70.0 Å². The Kier molecular flexibility index (Phi) is 7.62. The maximum atomic E-state index is 14.6. The van der Waals surface area contributed by atoms with Gasteiger partial charge in [0.1, 0.15) is 5.54 Å². The van der Waals surface area contributed by atoms with Crippen molar-refractivity contribution < 1.29 is 24.3 Å². The van der Waals surface area contributed by atoms with E-state index in [2.05, 4.69) is 0 Å². The second-order valence-electron chi connectivity index (χ2n) is 12.4. The Morgan fingerprint density at radius 1 is 0.976 bits per heavy atom. The molecule has 0 spiro atoms. The molecule has 0 unspecified atom stereocenters. The van der Waals surface area contributed by atoms with E-state index in [0.717, 1.165) is 24.0 Å². The number of likely N-dealkylation sites (N-methyl/N-ethyl adjacent to an activating group) is 1. The molecule has 8 nitrogen and oxygen atoms in total. The van der Waals surface area contributed by atoms with Gasteiger partial charge >= 0.3 is 12.0 Å². The molecule has 5 rings (SSSR count). The van der Waals surface area contributed by atoms with Crippen molar-refractivity contribution in [2.75, 3.05) is 13.6 Å². The van der Waals surface area contributed by atoms with E-state index >= 15 is 0 Å². The van der Waals surface area contributed by atoms with Crippen molar-refractivity contribution >= 4 is 47.0 Å². The Hall–Kier alpha value is -3.10. The first-order chi connectivity index (χ1) is 19.2. The second kappa shape index (κ2) is 10.6. The molecular weight excluding hydrogens is 565 g/mol. The van der Waals surface area contributed by atoms with E-state index in [9.17, 15) is 24.3 Å². The van der Waals surface area contributed by atoms with Crippen LogP contribution in [0.1, 0.15) is 69.5 Å². The highest BCUT2D eigenvalue weighted by atomic mass is 35.5. The number of amides is 4. The molecule has 1 aliphatic carbocycles. The highest BCUT2D eigenvalue weighted by molar-refractivity contribution is 6.30. The van der Waals surface area contributed by atoms with E-state index in [4.69, 9.17) is 23.2 Å². The van der Waals surface area contributed by atoms with Crippen LogP contribution in [0, 0.1) is 11.3 Å². The number of urea groups is 1. The molecule has 3 fully saturated rings. The number of hydrogen-bond donors (Lipinski definition) is 1. The Morgan fingerprint density at radius 2 is 1.63 bits per heavy atom. The van der Waals surface area contributed by atoms with Crippen LogP contribution in [-0.2, 0) is 14.4 Å². The highest BCUT2D eigenvalue weighted by Gasteiger charge is 2.57. The minimum atomic E-state index is -1.22. The number of piperidine rings is 1. The quantitative estimate of drug-likeness (QED) is 0.376. The number of rotatable bonds is 8. The fourth-order valence-corrected chi connectivity index (χ4v) is 6.84. The average molecular weight is 601 g/mol. The van der Waals surface area contributed by atoms with E-state index in [-0.39, 0.29) is 43.0 Å². The molecule has 2 aromatic carbocycles. The summed E-state index contributed by atoms with van der Waals surface area (Å²) in [5, 5.41) is 11.0. The number of carbonyl (C=O) groups is 4. The summed E-state index contributed by atoms with van der Waals surface area (Å²) in [5.74, 6) is -1.91. The van der Waals surface area contributed by atoms with Gasteiger partial charge in [-0.05, 0) is 74.4 Å². The first-order valence-electron chi connectivity index (χ1n) is 13.9. The molecule has 1 N–H and O–H groups in total. The topological polar surface area (TPSA) is 98.2 Å². The SMILES string of the molecule is CN1C(=O)N(C[C@H](C2CC2)N2C(=O)[C@@](C)(CC(=O)O)C[C@H](c3cccc(Cl)c3)[C@H]2c2ccc(Cl)cc2)C(=O)C1(C)C. The minimum Gasteiger partial charge on any atom is -0.481 e. The van der Waals surface area contributed by atoms with Crippen molar-refractivity contribution in [3.63, 3.8) is 0 Å². The predicted molar refractivity (Wildman–Crippen MR) is 156 cm³/mol. The third kappa shape index (κ3) is 5.32. The molecule has 3 aliphatic rings. The fraction of sp³-hybridized carbons (Fsp3) is 0.484. The molecule has 2 saturated heterocycles. The molecule has 1 saturated carbocycles. The zero-order valence-corrected chi connectivity index (χ0v) is 25.2. The Labute approximate surface area is 250 Å². The zero-order valence-electron chi connectivity index (χ0n) is 23.6. The van der Waals surface area contributed by atoms with Gasteiger partial charge in [-0.25, -0.2) is 4.79 Å². The molecule has 0 aromatic heterocycles. The normalized spacial score (nSPS) is 27.0. The summed E-state index contributed by atoms with van der Waals surface area (Å²) in [5.41, 5.74) is -0.500. The third-order valence-corrected chi connectivity index (χ3v) is 9.64. The van der Waals surface area contributed by atoms with Crippen LogP contribution in [0.25, 0.3) is 0 Å². The van der Waals surface area contributed by atoms with Crippen LogP contribution in [0.5, 0.6) is 0 Å². The lowest BCUT2D eigenvalue weighted by Gasteiger charge is -2.52. The average Bonchev–Trinajstić information content (AvgIpc) is 3.73. The number of aliphatic carboxylic acids is 1. The van der Waals surface area contributed by atoms with E-state index in [1.807, 2.05) is 30.3 Å². The van der Waals surface area contributed by atoms with Crippen molar-refractivity contribution in [2.24, 2.45) is 11.3 Å². The molecule has 218 valence electrons. The molecule has 4 amide bonds. The van der Waals surface area contributed by atoms with Crippen LogP contribution in [0.4, 0.5) is 4.79 Å². The number of nitrogens with zero attached hydrogens (tertiary/aromatic N) is 3. The van der Waals surface area contributed by atoms with E-state index in [1.54, 1.807) is 50.9 Å². The standard InChI is InChI=1S/C31H35Cl2N3O5/c1-30(2)27(39)35(29(41)34(30)4)17-24(18-8-9-18)36-26(19-10-12-21(32)13-11-19)23(20-6-5-7-22(33)14-20)15-31(3,28(36)40)16-25(37)38/h5-7,10-14,18,23-24,26H,8-9,15-17H2,1-4H3,(H,37,38)/t23-,24-,26-,31-/m1/s1. The third-order valence-electron chi connectivity index (χ3n) is 9.15. The van der Waals surface area contributed by atoms with Gasteiger partial charge in [0.05, 0.1) is 30.5 Å². The monoisotopic (exact) mass is 599 g/mol. The van der Waals surface area contributed by atoms with Crippen molar-refractivity contribution in [1.82, 2.24) is 14.7 Å². The predicted octanol–water partition coefficient (Wildman–Crippen LogP) is 5.98. The molecular formula is C31H35Cl2N3O5. The van der Waals surface area contributed by atoms with Crippen LogP contribution in [0.2, 0.25) is 10.0 Å². The lowest BCUT2D eigenvalue weighted by Crippen LogP contribution is -2.59. The summed E-state index contributed by atoms with van der Waals surface area (Å²) in [6.07, 6.45) is 1.63. The summed E-state index contributed by atoms with van der Waals surface area (Å²) >= 11 is 12.7. The number of carbonyl (C=O) groups excluding carboxylic acids is 3. The first-order valence-corrected chi connectivity index (χ1v) is 14.7. The maximum absolute atomic E-state index is 14.6. The van der Waals surface area contributed by atoms with Gasteiger partial charge in [-0.3, -0.25) is 19.3 Å². The number of halogens is 2. The molecule has 4 atom stereocenters. The van der Waals surface area contributed by atoms with Crippen molar-refractivity contribution in [1.29, 1.82) is 0 Å². The van der Waals surface area contributed by atoms with Crippen LogP contribution >= 0.6 is 23.2 Å². The van der Waals surface area contributed by atoms with Gasteiger partial charge in [-0.2, -0.15) is 0 Å². The molecule has 2 aromatic rings. The van der Waals surface area contributed by atoms with Gasteiger partial charge < -0.3 is 14.9 Å². The fourth-order valence-electron chi connectivity index (χ4n) is 6.52. The van der Waals surface area contributed by atoms with Gasteiger partial charge in [-0.1, -0.05) is 54.4 Å². The molecule has 2 heterocycles. The number of benzene rings is 2. The molecule has 0 bridgehead atoms. The molecule has 0 radical (unpaired) electrons. The summed E-state index contributed by atoms with van der Waals surface area (Å²) in [6, 6.07) is 13.4. The highest BCUT2D eigenvalue weighted by Crippen LogP contribution is 2.54. The van der Waals surface area contributed by atoms with Gasteiger partial charge in [0, 0.05) is 23.0 Å². The summed E-state index contributed by atoms with van der Waals surface area (Å²) < 4.78 is 0. The Bertz CT molecular complexity index is 1390. The Morgan fingerprint density at radius 3 is 2.17 bits per heavy atom. The number of hydrogen-bond acceptors (Lipinski definition) is 4. The number of carboxylic acid groups (broad SMARTS) is 1. The minimum absolute atomic E-state index is 0.0390. The van der Waals surface area contributed by atoms with Crippen LogP contribution in [0.3, 0.4) is 0 Å². The van der Waals surface area contributed by atoms with Crippen LogP contribution in [-0.4, -0.2) is 68.8 Å². The summed E-state index contributed by atoms with van der Waals surface area (Å²) in [7, 11) is 1.61. The lowest BCUT2D eigenvalue weighted by molar-refractivity contribution is -0.161. The van der Waals surface area contributed by atoms with Gasteiger partial charge in [0.2, 0.25) is 5.91 Å². The van der Waals surface area contributed by atoms with Crippen molar-refractivity contribution in [3.8, 4) is 0 Å². The molecule has 10 heteroatoms. The number of carboxylic acids is 1. The van der Waals surface area contributed by atoms with E-state index in [0.29, 0.717) is 10.0 Å². The van der Waals surface area contributed by atoms with Crippen molar-refractivity contribution in [3.05, 3.63) is 69.7 Å². The van der Waals surface area contributed by atoms with E-state index in [1.165, 1.54) is 9.80 Å². The molecule has 41 heavy (non-hydrogen) atoms. The second-order valence-corrected chi connectivity index (χ2v) is 13.3. The summed E-state index contributed by atoms with van der Waals surface area (Å²) in [4.78, 5) is 57.9. The maximum Gasteiger partial charge on any atom is 0.327 e.